The van der Waals surface area contributed by atoms with Crippen LogP contribution in [0.1, 0.15) is 38.5 Å². The molecule has 22 heavy (non-hydrogen) atoms. The highest BCUT2D eigenvalue weighted by Crippen LogP contribution is 2.33. The van der Waals surface area contributed by atoms with Gasteiger partial charge in [-0.15, -0.1) is 0 Å². The van der Waals surface area contributed by atoms with Gasteiger partial charge >= 0.3 is 0 Å². The molecule has 5 heteroatoms. The second-order valence-electron chi connectivity index (χ2n) is 6.19. The van der Waals surface area contributed by atoms with Gasteiger partial charge in [-0.1, -0.05) is 32.1 Å². The van der Waals surface area contributed by atoms with Crippen LogP contribution in [0.25, 0.3) is 0 Å². The van der Waals surface area contributed by atoms with Gasteiger partial charge < -0.3 is 20.5 Å². The third-order valence-electron chi connectivity index (χ3n) is 4.46. The molecule has 3 rings (SSSR count). The number of hydrogen-bond acceptors (Lipinski definition) is 4. The van der Waals surface area contributed by atoms with E-state index in [0.717, 1.165) is 12.2 Å². The van der Waals surface area contributed by atoms with Gasteiger partial charge in [0.05, 0.1) is 6.04 Å². The molecule has 2 aliphatic rings. The molecule has 0 spiro atoms. The first-order valence-corrected chi connectivity index (χ1v) is 8.18. The summed E-state index contributed by atoms with van der Waals surface area (Å²) in [5, 5.41) is 2.88. The summed E-state index contributed by atoms with van der Waals surface area (Å²) in [5.41, 5.74) is 6.77. The lowest BCUT2D eigenvalue weighted by Gasteiger charge is -2.24. The standard InChI is InChI=1S/C17H24N2O3/c18-14(10-12-4-2-1-3-5-12)17(20)19-13-6-7-15-16(11-13)22-9-8-21-15/h6-7,11-12,14H,1-5,8-10,18H2,(H,19,20). The quantitative estimate of drug-likeness (QED) is 0.897. The number of rotatable bonds is 4. The Balaban J connectivity index is 1.56. The first kappa shape index (κ1) is 15.2. The Morgan fingerprint density at radius 3 is 2.68 bits per heavy atom. The van der Waals surface area contributed by atoms with E-state index in [1.54, 1.807) is 6.07 Å². The Labute approximate surface area is 131 Å². The molecule has 0 aromatic heterocycles. The summed E-state index contributed by atoms with van der Waals surface area (Å²) in [6.45, 7) is 1.09. The highest BCUT2D eigenvalue weighted by Gasteiger charge is 2.22. The monoisotopic (exact) mass is 304 g/mol. The lowest BCUT2D eigenvalue weighted by molar-refractivity contribution is -0.117. The molecule has 1 unspecified atom stereocenters. The second-order valence-corrected chi connectivity index (χ2v) is 6.19. The van der Waals surface area contributed by atoms with E-state index < -0.39 is 6.04 Å². The summed E-state index contributed by atoms with van der Waals surface area (Å²) in [4.78, 5) is 12.2. The summed E-state index contributed by atoms with van der Waals surface area (Å²) in [6.07, 6.45) is 7.02. The Hall–Kier alpha value is -1.75. The van der Waals surface area contributed by atoms with Gasteiger partial charge in [0.25, 0.3) is 0 Å². The largest absolute Gasteiger partial charge is 0.486 e. The van der Waals surface area contributed by atoms with Crippen molar-refractivity contribution in [2.24, 2.45) is 11.7 Å². The summed E-state index contributed by atoms with van der Waals surface area (Å²) >= 11 is 0. The first-order valence-electron chi connectivity index (χ1n) is 8.18. The second kappa shape index (κ2) is 7.01. The maximum absolute atomic E-state index is 12.2. The molecular formula is C17H24N2O3. The van der Waals surface area contributed by atoms with Crippen LogP contribution in [-0.4, -0.2) is 25.2 Å². The molecule has 3 N–H and O–H groups in total. The molecule has 5 nitrogen and oxygen atoms in total. The highest BCUT2D eigenvalue weighted by molar-refractivity contribution is 5.94. The van der Waals surface area contributed by atoms with Crippen LogP contribution >= 0.6 is 0 Å². The molecule has 0 bridgehead atoms. The van der Waals surface area contributed by atoms with Crippen LogP contribution < -0.4 is 20.5 Å². The number of benzene rings is 1. The molecule has 1 aliphatic heterocycles. The fourth-order valence-corrected chi connectivity index (χ4v) is 3.25. The molecule has 1 saturated carbocycles. The molecular weight excluding hydrogens is 280 g/mol. The van der Waals surface area contributed by atoms with Crippen molar-refractivity contribution in [3.05, 3.63) is 18.2 Å². The SMILES string of the molecule is NC(CC1CCCCC1)C(=O)Nc1ccc2c(c1)OCCO2. The summed E-state index contributed by atoms with van der Waals surface area (Å²) in [5.74, 6) is 1.86. The van der Waals surface area contributed by atoms with E-state index in [1.807, 2.05) is 12.1 Å². The third kappa shape index (κ3) is 3.71. The predicted molar refractivity (Wildman–Crippen MR) is 85.2 cm³/mol. The summed E-state index contributed by atoms with van der Waals surface area (Å²) in [7, 11) is 0. The van der Waals surface area contributed by atoms with Gasteiger partial charge in [0, 0.05) is 11.8 Å². The van der Waals surface area contributed by atoms with Crippen molar-refractivity contribution in [2.45, 2.75) is 44.6 Å². The van der Waals surface area contributed by atoms with Crippen molar-refractivity contribution in [1.82, 2.24) is 0 Å². The highest BCUT2D eigenvalue weighted by atomic mass is 16.6. The number of anilines is 1. The molecule has 1 fully saturated rings. The third-order valence-corrected chi connectivity index (χ3v) is 4.46. The normalized spacial score (nSPS) is 19.5. The van der Waals surface area contributed by atoms with Crippen LogP contribution in [0.5, 0.6) is 11.5 Å². The van der Waals surface area contributed by atoms with Gasteiger partial charge in [0.2, 0.25) is 5.91 Å². The van der Waals surface area contributed by atoms with Crippen molar-refractivity contribution >= 4 is 11.6 Å². The fourth-order valence-electron chi connectivity index (χ4n) is 3.25. The molecule has 1 amide bonds. The average Bonchev–Trinajstić information content (AvgIpc) is 2.55. The minimum atomic E-state index is -0.448. The van der Waals surface area contributed by atoms with E-state index in [9.17, 15) is 4.79 Å². The van der Waals surface area contributed by atoms with Crippen molar-refractivity contribution in [2.75, 3.05) is 18.5 Å². The predicted octanol–water partition coefficient (Wildman–Crippen LogP) is 2.69. The van der Waals surface area contributed by atoms with Crippen LogP contribution in [0, 0.1) is 5.92 Å². The molecule has 0 radical (unpaired) electrons. The van der Waals surface area contributed by atoms with Crippen LogP contribution in [0.2, 0.25) is 0 Å². The molecule has 1 aliphatic carbocycles. The average molecular weight is 304 g/mol. The van der Waals surface area contributed by atoms with Gasteiger partial charge in [0.15, 0.2) is 11.5 Å². The number of nitrogens with one attached hydrogen (secondary N) is 1. The molecule has 120 valence electrons. The van der Waals surface area contributed by atoms with E-state index in [-0.39, 0.29) is 5.91 Å². The number of fused-ring (bicyclic) bond motifs is 1. The van der Waals surface area contributed by atoms with Crippen molar-refractivity contribution < 1.29 is 14.3 Å². The zero-order valence-electron chi connectivity index (χ0n) is 12.8. The number of carbonyl (C=O) groups is 1. The van der Waals surface area contributed by atoms with E-state index >= 15 is 0 Å². The minimum Gasteiger partial charge on any atom is -0.486 e. The van der Waals surface area contributed by atoms with Gasteiger partial charge in [-0.2, -0.15) is 0 Å². The number of hydrogen-bond donors (Lipinski definition) is 2. The smallest absolute Gasteiger partial charge is 0.241 e. The molecule has 0 saturated heterocycles. The van der Waals surface area contributed by atoms with Crippen molar-refractivity contribution in [1.29, 1.82) is 0 Å². The van der Waals surface area contributed by atoms with Gasteiger partial charge in [-0.05, 0) is 24.5 Å². The number of nitrogens with two attached hydrogens (primary N) is 1. The first-order chi connectivity index (χ1) is 10.7. The number of amides is 1. The maximum Gasteiger partial charge on any atom is 0.241 e. The zero-order chi connectivity index (χ0) is 15.4. The number of carbonyl (C=O) groups excluding carboxylic acids is 1. The molecule has 1 atom stereocenters. The minimum absolute atomic E-state index is 0.123. The van der Waals surface area contributed by atoms with Crippen molar-refractivity contribution in [3.63, 3.8) is 0 Å². The zero-order valence-corrected chi connectivity index (χ0v) is 12.8. The molecule has 1 aromatic carbocycles. The maximum atomic E-state index is 12.2. The lowest BCUT2D eigenvalue weighted by Crippen LogP contribution is -2.37. The van der Waals surface area contributed by atoms with Gasteiger partial charge in [-0.25, -0.2) is 0 Å². The Bertz CT molecular complexity index is 527. The van der Waals surface area contributed by atoms with Crippen LogP contribution in [-0.2, 0) is 4.79 Å². The summed E-state index contributed by atoms with van der Waals surface area (Å²) in [6, 6.07) is 4.98. The van der Waals surface area contributed by atoms with Gasteiger partial charge in [0.1, 0.15) is 13.2 Å². The topological polar surface area (TPSA) is 73.6 Å². The van der Waals surface area contributed by atoms with Crippen LogP contribution in [0.4, 0.5) is 5.69 Å². The van der Waals surface area contributed by atoms with Crippen LogP contribution in [0.15, 0.2) is 18.2 Å². The van der Waals surface area contributed by atoms with E-state index in [2.05, 4.69) is 5.32 Å². The molecule has 1 aromatic rings. The van der Waals surface area contributed by atoms with Gasteiger partial charge in [-0.3, -0.25) is 4.79 Å². The van der Waals surface area contributed by atoms with E-state index in [4.69, 9.17) is 15.2 Å². The fraction of sp³-hybridized carbons (Fsp3) is 0.588. The summed E-state index contributed by atoms with van der Waals surface area (Å²) < 4.78 is 11.0. The Morgan fingerprint density at radius 1 is 1.18 bits per heavy atom. The van der Waals surface area contributed by atoms with Crippen molar-refractivity contribution in [3.8, 4) is 11.5 Å². The Kier molecular flexibility index (Phi) is 4.83. The van der Waals surface area contributed by atoms with Crippen LogP contribution in [0.3, 0.4) is 0 Å². The van der Waals surface area contributed by atoms with E-state index in [1.165, 1.54) is 32.1 Å². The molecule has 1 heterocycles. The van der Waals surface area contributed by atoms with E-state index in [0.29, 0.717) is 30.6 Å². The lowest BCUT2D eigenvalue weighted by atomic mass is 9.85. The number of ether oxygens (including phenoxy) is 2. The Morgan fingerprint density at radius 2 is 1.91 bits per heavy atom.